The standard InChI is InChI=1S/C11H20N2O2S/c1-15-11(14)6-7-13(8-10(12)16)9-4-2-3-5-9/h9H,2-8H2,1H3,(H2,12,16). The molecule has 0 aliphatic heterocycles. The van der Waals surface area contributed by atoms with Crippen molar-refractivity contribution in [1.29, 1.82) is 0 Å². The molecule has 0 radical (unpaired) electrons. The zero-order valence-corrected chi connectivity index (χ0v) is 10.6. The quantitative estimate of drug-likeness (QED) is 0.560. The number of carbonyl (C=O) groups is 1. The molecule has 0 bridgehead atoms. The first-order valence-electron chi connectivity index (χ1n) is 5.72. The Balaban J connectivity index is 2.42. The van der Waals surface area contributed by atoms with Crippen LogP contribution in [0.3, 0.4) is 0 Å². The molecule has 0 atom stereocenters. The Morgan fingerprint density at radius 1 is 1.50 bits per heavy atom. The molecule has 1 aliphatic rings. The molecule has 2 N–H and O–H groups in total. The largest absolute Gasteiger partial charge is 0.469 e. The lowest BCUT2D eigenvalue weighted by molar-refractivity contribution is -0.141. The summed E-state index contributed by atoms with van der Waals surface area (Å²) in [5.41, 5.74) is 5.57. The monoisotopic (exact) mass is 244 g/mol. The Bertz CT molecular complexity index is 252. The third kappa shape index (κ3) is 4.45. The van der Waals surface area contributed by atoms with Gasteiger partial charge in [0.1, 0.15) is 0 Å². The Hall–Kier alpha value is -0.680. The van der Waals surface area contributed by atoms with Crippen LogP contribution in [0.5, 0.6) is 0 Å². The average molecular weight is 244 g/mol. The van der Waals surface area contributed by atoms with E-state index >= 15 is 0 Å². The molecule has 0 unspecified atom stereocenters. The lowest BCUT2D eigenvalue weighted by Gasteiger charge is -2.27. The first-order chi connectivity index (χ1) is 7.63. The van der Waals surface area contributed by atoms with Crippen LogP contribution in [0.4, 0.5) is 0 Å². The topological polar surface area (TPSA) is 55.6 Å². The Morgan fingerprint density at radius 3 is 2.62 bits per heavy atom. The van der Waals surface area contributed by atoms with Gasteiger partial charge in [0, 0.05) is 19.1 Å². The second-order valence-corrected chi connectivity index (χ2v) is 4.73. The van der Waals surface area contributed by atoms with E-state index in [0.717, 1.165) is 0 Å². The van der Waals surface area contributed by atoms with Crippen molar-refractivity contribution in [3.8, 4) is 0 Å². The molecular formula is C11H20N2O2S. The fourth-order valence-electron chi connectivity index (χ4n) is 2.20. The number of nitrogens with zero attached hydrogens (tertiary/aromatic N) is 1. The molecule has 1 saturated carbocycles. The van der Waals surface area contributed by atoms with Crippen molar-refractivity contribution in [3.05, 3.63) is 0 Å². The highest BCUT2D eigenvalue weighted by atomic mass is 32.1. The number of rotatable bonds is 6. The van der Waals surface area contributed by atoms with E-state index in [-0.39, 0.29) is 5.97 Å². The number of hydrogen-bond donors (Lipinski definition) is 1. The van der Waals surface area contributed by atoms with Gasteiger partial charge in [0.15, 0.2) is 0 Å². The second kappa shape index (κ2) is 6.81. The van der Waals surface area contributed by atoms with E-state index in [1.54, 1.807) is 0 Å². The van der Waals surface area contributed by atoms with Gasteiger partial charge in [-0.1, -0.05) is 25.1 Å². The molecule has 0 spiro atoms. The highest BCUT2D eigenvalue weighted by Gasteiger charge is 2.23. The van der Waals surface area contributed by atoms with Gasteiger partial charge < -0.3 is 10.5 Å². The predicted molar refractivity (Wildman–Crippen MR) is 67.2 cm³/mol. The fraction of sp³-hybridized carbons (Fsp3) is 0.818. The smallest absolute Gasteiger partial charge is 0.306 e. The van der Waals surface area contributed by atoms with Gasteiger partial charge in [-0.25, -0.2) is 0 Å². The van der Waals surface area contributed by atoms with E-state index in [0.29, 0.717) is 30.5 Å². The lowest BCUT2D eigenvalue weighted by atomic mass is 10.2. The van der Waals surface area contributed by atoms with Crippen LogP contribution < -0.4 is 5.73 Å². The summed E-state index contributed by atoms with van der Waals surface area (Å²) in [6.45, 7) is 1.30. The first-order valence-corrected chi connectivity index (χ1v) is 6.13. The van der Waals surface area contributed by atoms with Crippen molar-refractivity contribution in [2.45, 2.75) is 38.1 Å². The van der Waals surface area contributed by atoms with Crippen molar-refractivity contribution < 1.29 is 9.53 Å². The van der Waals surface area contributed by atoms with E-state index < -0.39 is 0 Å². The van der Waals surface area contributed by atoms with E-state index in [1.165, 1.54) is 32.8 Å². The van der Waals surface area contributed by atoms with Crippen LogP contribution in [0.2, 0.25) is 0 Å². The Labute approximate surface area is 102 Å². The summed E-state index contributed by atoms with van der Waals surface area (Å²) in [7, 11) is 1.41. The maximum Gasteiger partial charge on any atom is 0.306 e. The summed E-state index contributed by atoms with van der Waals surface area (Å²) in [5.74, 6) is -0.175. The molecule has 5 heteroatoms. The van der Waals surface area contributed by atoms with Crippen LogP contribution in [-0.2, 0) is 9.53 Å². The summed E-state index contributed by atoms with van der Waals surface area (Å²) < 4.78 is 4.64. The third-order valence-electron chi connectivity index (χ3n) is 3.03. The minimum atomic E-state index is -0.175. The van der Waals surface area contributed by atoms with Gasteiger partial charge in [-0.15, -0.1) is 0 Å². The SMILES string of the molecule is COC(=O)CCN(CC(N)=S)C1CCCC1. The molecule has 0 aromatic heterocycles. The Morgan fingerprint density at radius 2 is 2.12 bits per heavy atom. The van der Waals surface area contributed by atoms with Crippen LogP contribution in [0.1, 0.15) is 32.1 Å². The van der Waals surface area contributed by atoms with Crippen LogP contribution in [0.25, 0.3) is 0 Å². The van der Waals surface area contributed by atoms with E-state index in [2.05, 4.69) is 9.64 Å². The summed E-state index contributed by atoms with van der Waals surface area (Å²) in [4.78, 5) is 13.8. The van der Waals surface area contributed by atoms with Crippen molar-refractivity contribution in [1.82, 2.24) is 4.90 Å². The summed E-state index contributed by atoms with van der Waals surface area (Å²) in [5, 5.41) is 0. The molecule has 0 amide bonds. The molecule has 1 rings (SSSR count). The van der Waals surface area contributed by atoms with Crippen LogP contribution in [0, 0.1) is 0 Å². The zero-order chi connectivity index (χ0) is 12.0. The van der Waals surface area contributed by atoms with Gasteiger partial charge in [0.25, 0.3) is 0 Å². The number of hydrogen-bond acceptors (Lipinski definition) is 4. The summed E-state index contributed by atoms with van der Waals surface area (Å²) >= 11 is 4.94. The number of nitrogens with two attached hydrogens (primary N) is 1. The molecule has 1 fully saturated rings. The van der Waals surface area contributed by atoms with Crippen molar-refractivity contribution in [3.63, 3.8) is 0 Å². The number of thiocarbonyl (C=S) groups is 1. The maximum atomic E-state index is 11.1. The number of carbonyl (C=O) groups excluding carboxylic acids is 1. The normalized spacial score (nSPS) is 16.6. The Kier molecular flexibility index (Phi) is 5.69. The molecule has 0 heterocycles. The molecule has 0 aromatic rings. The molecule has 4 nitrogen and oxygen atoms in total. The minimum Gasteiger partial charge on any atom is -0.469 e. The molecule has 0 aromatic carbocycles. The van der Waals surface area contributed by atoms with Crippen LogP contribution in [-0.4, -0.2) is 42.1 Å². The van der Waals surface area contributed by atoms with E-state index in [4.69, 9.17) is 18.0 Å². The predicted octanol–water partition coefficient (Wildman–Crippen LogP) is 1.08. The highest BCUT2D eigenvalue weighted by molar-refractivity contribution is 7.80. The van der Waals surface area contributed by atoms with Gasteiger partial charge in [-0.2, -0.15) is 0 Å². The van der Waals surface area contributed by atoms with Crippen molar-refractivity contribution in [2.75, 3.05) is 20.2 Å². The van der Waals surface area contributed by atoms with E-state index in [1.807, 2.05) is 0 Å². The first kappa shape index (κ1) is 13.4. The van der Waals surface area contributed by atoms with Gasteiger partial charge in [-0.3, -0.25) is 9.69 Å². The van der Waals surface area contributed by atoms with Gasteiger partial charge in [-0.05, 0) is 12.8 Å². The second-order valence-electron chi connectivity index (χ2n) is 4.20. The molecule has 92 valence electrons. The summed E-state index contributed by atoms with van der Waals surface area (Å²) in [6.07, 6.45) is 5.30. The third-order valence-corrected chi connectivity index (χ3v) is 3.16. The number of methoxy groups -OCH3 is 1. The van der Waals surface area contributed by atoms with Gasteiger partial charge in [0.2, 0.25) is 0 Å². The maximum absolute atomic E-state index is 11.1. The number of esters is 1. The van der Waals surface area contributed by atoms with E-state index in [9.17, 15) is 4.79 Å². The molecule has 0 saturated heterocycles. The number of ether oxygens (including phenoxy) is 1. The van der Waals surface area contributed by atoms with Crippen molar-refractivity contribution in [2.24, 2.45) is 5.73 Å². The molecule has 1 aliphatic carbocycles. The van der Waals surface area contributed by atoms with Crippen LogP contribution >= 0.6 is 12.2 Å². The van der Waals surface area contributed by atoms with Crippen LogP contribution in [0.15, 0.2) is 0 Å². The summed E-state index contributed by atoms with van der Waals surface area (Å²) in [6, 6.07) is 0.533. The molecular weight excluding hydrogens is 224 g/mol. The van der Waals surface area contributed by atoms with Gasteiger partial charge in [0.05, 0.1) is 18.5 Å². The average Bonchev–Trinajstić information content (AvgIpc) is 2.76. The van der Waals surface area contributed by atoms with Gasteiger partial charge >= 0.3 is 5.97 Å². The minimum absolute atomic E-state index is 0.175. The highest BCUT2D eigenvalue weighted by Crippen LogP contribution is 2.23. The van der Waals surface area contributed by atoms with Crippen molar-refractivity contribution >= 4 is 23.2 Å². The molecule has 16 heavy (non-hydrogen) atoms. The fourth-order valence-corrected chi connectivity index (χ4v) is 2.36. The zero-order valence-electron chi connectivity index (χ0n) is 9.78. The lowest BCUT2D eigenvalue weighted by Crippen LogP contribution is -2.40.